The number of pyridine rings is 1. The van der Waals surface area contributed by atoms with Crippen LogP contribution in [0.4, 0.5) is 0 Å². The number of nitrogens with zero attached hydrogens (tertiary/aromatic N) is 2. The summed E-state index contributed by atoms with van der Waals surface area (Å²) in [6.45, 7) is 0. The minimum Gasteiger partial charge on any atom is -0.305 e. The highest BCUT2D eigenvalue weighted by Crippen LogP contribution is 2.28. The first-order chi connectivity index (χ1) is 11.0. The molecule has 23 heavy (non-hydrogen) atoms. The molecule has 0 saturated carbocycles. The van der Waals surface area contributed by atoms with E-state index in [-0.39, 0.29) is 22.2 Å². The Kier molecular flexibility index (Phi) is 3.94. The predicted octanol–water partition coefficient (Wildman–Crippen LogP) is 2.53. The zero-order valence-electron chi connectivity index (χ0n) is 11.8. The van der Waals surface area contributed by atoms with Gasteiger partial charge in [0.15, 0.2) is 5.16 Å². The van der Waals surface area contributed by atoms with Crippen molar-refractivity contribution in [1.29, 1.82) is 5.26 Å². The second-order valence-electron chi connectivity index (χ2n) is 4.62. The molecule has 2 N–H and O–H groups in total. The van der Waals surface area contributed by atoms with E-state index in [1.165, 1.54) is 11.8 Å². The van der Waals surface area contributed by atoms with Gasteiger partial charge in [0, 0.05) is 10.6 Å². The van der Waals surface area contributed by atoms with Crippen LogP contribution in [0, 0.1) is 11.3 Å². The van der Waals surface area contributed by atoms with Gasteiger partial charge in [-0.2, -0.15) is 5.26 Å². The number of hydrogen-bond acceptors (Lipinski definition) is 5. The molecule has 1 aromatic carbocycles. The number of nitriles is 1. The first kappa shape index (κ1) is 15.3. The molecule has 3 aromatic rings. The van der Waals surface area contributed by atoms with Crippen molar-refractivity contribution in [3.63, 3.8) is 0 Å². The summed E-state index contributed by atoms with van der Waals surface area (Å²) in [6.07, 6.45) is 1.76. The van der Waals surface area contributed by atoms with Crippen LogP contribution in [-0.4, -0.2) is 21.2 Å². The van der Waals surface area contributed by atoms with Gasteiger partial charge < -0.3 is 9.97 Å². The van der Waals surface area contributed by atoms with Crippen molar-refractivity contribution in [2.24, 2.45) is 0 Å². The SMILES string of the molecule is CSc1nc2[nH]c(=O)c(C#N)c(-c3ccc(Cl)cc3)c2c(=O)[nH]1. The molecule has 0 bridgehead atoms. The fraction of sp³-hybridized carbons (Fsp3) is 0.0667. The topological polar surface area (TPSA) is 102 Å². The number of nitrogens with one attached hydrogen (secondary N) is 2. The van der Waals surface area contributed by atoms with Crippen LogP contribution < -0.4 is 11.1 Å². The number of H-pyrrole nitrogens is 2. The lowest BCUT2D eigenvalue weighted by molar-refractivity contribution is 0.960. The van der Waals surface area contributed by atoms with Crippen molar-refractivity contribution in [3.8, 4) is 17.2 Å². The number of fused-ring (bicyclic) bond motifs is 1. The molecule has 0 radical (unpaired) electrons. The Balaban J connectivity index is 2.52. The molecule has 0 unspecified atom stereocenters. The molecule has 6 nitrogen and oxygen atoms in total. The zero-order chi connectivity index (χ0) is 16.6. The highest BCUT2D eigenvalue weighted by atomic mass is 35.5. The van der Waals surface area contributed by atoms with Gasteiger partial charge in [0.05, 0.1) is 5.39 Å². The van der Waals surface area contributed by atoms with E-state index in [4.69, 9.17) is 11.6 Å². The number of aromatic amines is 2. The van der Waals surface area contributed by atoms with Crippen LogP contribution in [0.15, 0.2) is 39.0 Å². The third-order valence-corrected chi connectivity index (χ3v) is 4.13. The fourth-order valence-electron chi connectivity index (χ4n) is 2.29. The monoisotopic (exact) mass is 344 g/mol. The van der Waals surface area contributed by atoms with Crippen molar-refractivity contribution in [3.05, 3.63) is 55.6 Å². The molecule has 0 saturated heterocycles. The van der Waals surface area contributed by atoms with Gasteiger partial charge in [-0.25, -0.2) is 4.98 Å². The van der Waals surface area contributed by atoms with Crippen molar-refractivity contribution in [2.45, 2.75) is 5.16 Å². The molecular formula is C15H9ClN4O2S. The first-order valence-corrected chi connectivity index (χ1v) is 8.05. The molecule has 0 aliphatic rings. The lowest BCUT2D eigenvalue weighted by atomic mass is 9.99. The third-order valence-electron chi connectivity index (χ3n) is 3.29. The summed E-state index contributed by atoms with van der Waals surface area (Å²) in [7, 11) is 0. The molecule has 0 aliphatic heterocycles. The van der Waals surface area contributed by atoms with Gasteiger partial charge in [-0.15, -0.1) is 0 Å². The fourth-order valence-corrected chi connectivity index (χ4v) is 2.80. The molecule has 0 spiro atoms. The van der Waals surface area contributed by atoms with E-state index in [2.05, 4.69) is 15.0 Å². The van der Waals surface area contributed by atoms with E-state index in [0.29, 0.717) is 15.7 Å². The normalized spacial score (nSPS) is 10.7. The lowest BCUT2D eigenvalue weighted by Gasteiger charge is -2.08. The minimum absolute atomic E-state index is 0.135. The maximum Gasteiger partial charge on any atom is 0.268 e. The Hall–Kier alpha value is -2.56. The zero-order valence-corrected chi connectivity index (χ0v) is 13.4. The first-order valence-electron chi connectivity index (χ1n) is 6.45. The summed E-state index contributed by atoms with van der Waals surface area (Å²) in [4.78, 5) is 33.9. The van der Waals surface area contributed by atoms with Crippen LogP contribution in [0.3, 0.4) is 0 Å². The van der Waals surface area contributed by atoms with Gasteiger partial charge in [-0.3, -0.25) is 9.59 Å². The number of aromatic nitrogens is 3. The Morgan fingerprint density at radius 1 is 1.17 bits per heavy atom. The summed E-state index contributed by atoms with van der Waals surface area (Å²) < 4.78 is 0. The highest BCUT2D eigenvalue weighted by Gasteiger charge is 2.18. The molecule has 8 heteroatoms. The quantitative estimate of drug-likeness (QED) is 0.549. The molecular weight excluding hydrogens is 336 g/mol. The van der Waals surface area contributed by atoms with E-state index in [9.17, 15) is 14.9 Å². The second-order valence-corrected chi connectivity index (χ2v) is 5.85. The summed E-state index contributed by atoms with van der Waals surface area (Å²) >= 11 is 7.12. The van der Waals surface area contributed by atoms with Crippen LogP contribution in [0.25, 0.3) is 22.2 Å². The van der Waals surface area contributed by atoms with Crippen LogP contribution in [-0.2, 0) is 0 Å². The highest BCUT2D eigenvalue weighted by molar-refractivity contribution is 7.98. The molecule has 0 fully saturated rings. The maximum atomic E-state index is 12.4. The average Bonchev–Trinajstić information content (AvgIpc) is 2.54. The Morgan fingerprint density at radius 3 is 2.48 bits per heavy atom. The summed E-state index contributed by atoms with van der Waals surface area (Å²) in [5, 5.41) is 10.4. The van der Waals surface area contributed by atoms with Gasteiger partial charge in [0.2, 0.25) is 0 Å². The Morgan fingerprint density at radius 2 is 1.87 bits per heavy atom. The van der Waals surface area contributed by atoms with Gasteiger partial charge in [-0.1, -0.05) is 35.5 Å². The van der Waals surface area contributed by atoms with Gasteiger partial charge in [0.25, 0.3) is 11.1 Å². The smallest absolute Gasteiger partial charge is 0.268 e. The molecule has 2 aromatic heterocycles. The average molecular weight is 345 g/mol. The van der Waals surface area contributed by atoms with Crippen LogP contribution >= 0.6 is 23.4 Å². The van der Waals surface area contributed by atoms with Crippen molar-refractivity contribution in [2.75, 3.05) is 6.26 Å². The molecule has 0 aliphatic carbocycles. The van der Waals surface area contributed by atoms with E-state index in [0.717, 1.165) is 0 Å². The van der Waals surface area contributed by atoms with Crippen LogP contribution in [0.2, 0.25) is 5.02 Å². The minimum atomic E-state index is -0.588. The van der Waals surface area contributed by atoms with E-state index in [1.807, 2.05) is 6.07 Å². The third kappa shape index (κ3) is 2.63. The lowest BCUT2D eigenvalue weighted by Crippen LogP contribution is -2.19. The van der Waals surface area contributed by atoms with Crippen LogP contribution in [0.1, 0.15) is 5.56 Å². The maximum absolute atomic E-state index is 12.4. The number of benzene rings is 1. The Bertz CT molecular complexity index is 1060. The number of thioether (sulfide) groups is 1. The van der Waals surface area contributed by atoms with E-state index >= 15 is 0 Å². The van der Waals surface area contributed by atoms with Crippen molar-refractivity contribution in [1.82, 2.24) is 15.0 Å². The molecule has 2 heterocycles. The largest absolute Gasteiger partial charge is 0.305 e. The molecule has 3 rings (SSSR count). The van der Waals surface area contributed by atoms with Gasteiger partial charge in [-0.05, 0) is 24.0 Å². The van der Waals surface area contributed by atoms with E-state index in [1.54, 1.807) is 30.5 Å². The number of hydrogen-bond donors (Lipinski definition) is 2. The molecule has 114 valence electrons. The molecule has 0 amide bonds. The standard InChI is InChI=1S/C15H9ClN4O2S/c1-23-15-19-12-11(14(22)20-15)10(9(6-17)13(21)18-12)7-2-4-8(16)5-3-7/h2-5H,1H3,(H2,18,19,20,21,22). The van der Waals surface area contributed by atoms with E-state index < -0.39 is 11.1 Å². The Labute approximate surface area is 139 Å². The second kappa shape index (κ2) is 5.91. The summed E-state index contributed by atoms with van der Waals surface area (Å²) in [5.74, 6) is 0. The van der Waals surface area contributed by atoms with Crippen molar-refractivity contribution >= 4 is 34.4 Å². The predicted molar refractivity (Wildman–Crippen MR) is 89.9 cm³/mol. The van der Waals surface area contributed by atoms with Crippen LogP contribution in [0.5, 0.6) is 0 Å². The molecule has 0 atom stereocenters. The number of halogens is 1. The summed E-state index contributed by atoms with van der Waals surface area (Å²) in [5.41, 5.74) is -0.196. The number of rotatable bonds is 2. The van der Waals surface area contributed by atoms with Gasteiger partial charge >= 0.3 is 0 Å². The summed E-state index contributed by atoms with van der Waals surface area (Å²) in [6, 6.07) is 8.42. The van der Waals surface area contributed by atoms with Gasteiger partial charge in [0.1, 0.15) is 17.3 Å². The van der Waals surface area contributed by atoms with Crippen molar-refractivity contribution < 1.29 is 0 Å².